The largest absolute Gasteiger partial charge is 0.480 e. The lowest BCUT2D eigenvalue weighted by Gasteiger charge is -2.14. The van der Waals surface area contributed by atoms with Gasteiger partial charge in [-0.2, -0.15) is 0 Å². The number of carboxylic acid groups (broad SMARTS) is 2. The van der Waals surface area contributed by atoms with E-state index in [0.29, 0.717) is 0 Å². The van der Waals surface area contributed by atoms with Gasteiger partial charge < -0.3 is 10.2 Å². The van der Waals surface area contributed by atoms with Crippen LogP contribution in [0.5, 0.6) is 0 Å². The Kier molecular flexibility index (Phi) is 1.98. The minimum absolute atomic E-state index is 0.0522. The molecule has 0 saturated heterocycles. The molecule has 2 N–H and O–H groups in total. The first-order valence-electron chi connectivity index (χ1n) is 3.32. The molecule has 1 amide bonds. The van der Waals surface area contributed by atoms with Crippen LogP contribution in [0.1, 0.15) is 12.8 Å². The summed E-state index contributed by atoms with van der Waals surface area (Å²) in [7, 11) is 0. The summed E-state index contributed by atoms with van der Waals surface area (Å²) < 4.78 is 0. The van der Waals surface area contributed by atoms with Gasteiger partial charge in [-0.05, 0) is 12.8 Å². The Morgan fingerprint density at radius 1 is 1.36 bits per heavy atom. The van der Waals surface area contributed by atoms with Crippen molar-refractivity contribution in [3.8, 4) is 0 Å². The number of carboxylic acids is 1. The highest BCUT2D eigenvalue weighted by Crippen LogP contribution is 2.26. The minimum Gasteiger partial charge on any atom is -0.480 e. The van der Waals surface area contributed by atoms with Crippen molar-refractivity contribution in [3.63, 3.8) is 0 Å². The summed E-state index contributed by atoms with van der Waals surface area (Å²) in [5.74, 6) is -1.10. The summed E-state index contributed by atoms with van der Waals surface area (Å²) in [4.78, 5) is 21.5. The second kappa shape index (κ2) is 2.77. The predicted octanol–water partition coefficient (Wildman–Crippen LogP) is 0.213. The zero-order chi connectivity index (χ0) is 8.43. The summed E-state index contributed by atoms with van der Waals surface area (Å²) in [6.45, 7) is -0.403. The maximum Gasteiger partial charge on any atom is 0.408 e. The molecule has 0 aliphatic heterocycles. The van der Waals surface area contributed by atoms with Crippen LogP contribution >= 0.6 is 0 Å². The number of hydrogen-bond donors (Lipinski definition) is 2. The van der Waals surface area contributed by atoms with E-state index in [4.69, 9.17) is 10.2 Å². The van der Waals surface area contributed by atoms with E-state index in [-0.39, 0.29) is 6.04 Å². The molecular formula is C6H9NO4. The summed E-state index contributed by atoms with van der Waals surface area (Å²) in [6, 6.07) is -0.0522. The normalized spacial score (nSPS) is 16.0. The van der Waals surface area contributed by atoms with Crippen molar-refractivity contribution >= 4 is 12.1 Å². The molecule has 0 bridgehead atoms. The van der Waals surface area contributed by atoms with Crippen LogP contribution in [-0.2, 0) is 4.79 Å². The van der Waals surface area contributed by atoms with Crippen molar-refractivity contribution in [2.75, 3.05) is 6.54 Å². The zero-order valence-corrected chi connectivity index (χ0v) is 5.86. The highest BCUT2D eigenvalue weighted by Gasteiger charge is 2.33. The third kappa shape index (κ3) is 2.10. The molecule has 0 unspecified atom stereocenters. The van der Waals surface area contributed by atoms with Crippen LogP contribution < -0.4 is 0 Å². The van der Waals surface area contributed by atoms with Gasteiger partial charge in [-0.3, -0.25) is 9.69 Å². The topological polar surface area (TPSA) is 77.8 Å². The second-order valence-electron chi connectivity index (χ2n) is 2.54. The fourth-order valence-corrected chi connectivity index (χ4v) is 0.885. The Balaban J connectivity index is 2.45. The average Bonchev–Trinajstić information content (AvgIpc) is 2.63. The molecule has 0 aromatic carbocycles. The lowest BCUT2D eigenvalue weighted by Crippen LogP contribution is -2.36. The van der Waals surface area contributed by atoms with Crippen molar-refractivity contribution in [1.29, 1.82) is 0 Å². The minimum atomic E-state index is -1.14. The second-order valence-corrected chi connectivity index (χ2v) is 2.54. The molecule has 11 heavy (non-hydrogen) atoms. The van der Waals surface area contributed by atoms with Gasteiger partial charge in [0.05, 0.1) is 0 Å². The molecule has 0 aromatic heterocycles. The maximum atomic E-state index is 10.4. The molecule has 62 valence electrons. The van der Waals surface area contributed by atoms with Crippen molar-refractivity contribution in [2.24, 2.45) is 0 Å². The van der Waals surface area contributed by atoms with E-state index >= 15 is 0 Å². The third-order valence-electron chi connectivity index (χ3n) is 1.54. The maximum absolute atomic E-state index is 10.4. The molecule has 0 aromatic rings. The van der Waals surface area contributed by atoms with Gasteiger partial charge in [-0.25, -0.2) is 4.79 Å². The van der Waals surface area contributed by atoms with Gasteiger partial charge in [0.25, 0.3) is 0 Å². The fraction of sp³-hybridized carbons (Fsp3) is 0.667. The lowest BCUT2D eigenvalue weighted by molar-refractivity contribution is -0.138. The van der Waals surface area contributed by atoms with Gasteiger partial charge >= 0.3 is 12.1 Å². The fourth-order valence-electron chi connectivity index (χ4n) is 0.885. The Hall–Kier alpha value is -1.26. The first kappa shape index (κ1) is 7.84. The lowest BCUT2D eigenvalue weighted by atomic mass is 10.5. The van der Waals surface area contributed by atoms with Crippen molar-refractivity contribution < 1.29 is 19.8 Å². The monoisotopic (exact) mass is 159 g/mol. The molecule has 1 aliphatic carbocycles. The van der Waals surface area contributed by atoms with Gasteiger partial charge in [-0.15, -0.1) is 0 Å². The Morgan fingerprint density at radius 2 is 1.91 bits per heavy atom. The molecule has 1 fully saturated rings. The van der Waals surface area contributed by atoms with Crippen LogP contribution in [0.15, 0.2) is 0 Å². The number of rotatable bonds is 3. The van der Waals surface area contributed by atoms with Gasteiger partial charge in [-0.1, -0.05) is 0 Å². The molecule has 0 spiro atoms. The predicted molar refractivity (Wildman–Crippen MR) is 35.4 cm³/mol. The van der Waals surface area contributed by atoms with E-state index in [0.717, 1.165) is 17.7 Å². The van der Waals surface area contributed by atoms with E-state index in [9.17, 15) is 9.59 Å². The summed E-state index contributed by atoms with van der Waals surface area (Å²) in [5, 5.41) is 16.8. The molecule has 0 atom stereocenters. The van der Waals surface area contributed by atoms with Crippen LogP contribution in [0, 0.1) is 0 Å². The van der Waals surface area contributed by atoms with E-state index < -0.39 is 18.6 Å². The molecular weight excluding hydrogens is 150 g/mol. The Morgan fingerprint density at radius 3 is 2.18 bits per heavy atom. The van der Waals surface area contributed by atoms with E-state index in [1.807, 2.05) is 0 Å². The van der Waals surface area contributed by atoms with E-state index in [2.05, 4.69) is 0 Å². The molecule has 5 nitrogen and oxygen atoms in total. The smallest absolute Gasteiger partial charge is 0.408 e. The quantitative estimate of drug-likeness (QED) is 0.617. The molecule has 1 saturated carbocycles. The standard InChI is InChI=1S/C6H9NO4/c8-5(9)3-7(6(10)11)4-1-2-4/h4H,1-3H2,(H,8,9)(H,10,11). The summed E-state index contributed by atoms with van der Waals surface area (Å²) in [6.07, 6.45) is 0.439. The number of hydrogen-bond acceptors (Lipinski definition) is 2. The molecule has 1 aliphatic rings. The van der Waals surface area contributed by atoms with Crippen LogP contribution in [-0.4, -0.2) is 39.8 Å². The zero-order valence-electron chi connectivity index (χ0n) is 5.86. The Bertz CT molecular complexity index is 187. The number of aliphatic carboxylic acids is 1. The van der Waals surface area contributed by atoms with Crippen LogP contribution in [0.2, 0.25) is 0 Å². The highest BCUT2D eigenvalue weighted by atomic mass is 16.4. The van der Waals surface area contributed by atoms with Crippen molar-refractivity contribution in [1.82, 2.24) is 4.90 Å². The van der Waals surface area contributed by atoms with E-state index in [1.54, 1.807) is 0 Å². The average molecular weight is 159 g/mol. The number of amides is 1. The molecule has 0 radical (unpaired) electrons. The van der Waals surface area contributed by atoms with Crippen molar-refractivity contribution in [2.45, 2.75) is 18.9 Å². The SMILES string of the molecule is O=C(O)CN(C(=O)O)C1CC1. The first-order chi connectivity index (χ1) is 5.11. The van der Waals surface area contributed by atoms with Crippen LogP contribution in [0.25, 0.3) is 0 Å². The van der Waals surface area contributed by atoms with Gasteiger partial charge in [0.2, 0.25) is 0 Å². The number of carbonyl (C=O) groups is 2. The van der Waals surface area contributed by atoms with Gasteiger partial charge in [0.15, 0.2) is 0 Å². The first-order valence-corrected chi connectivity index (χ1v) is 3.32. The molecule has 5 heteroatoms. The number of nitrogens with zero attached hydrogens (tertiary/aromatic N) is 1. The summed E-state index contributed by atoms with van der Waals surface area (Å²) in [5.41, 5.74) is 0. The molecule has 0 heterocycles. The highest BCUT2D eigenvalue weighted by molar-refractivity contribution is 5.76. The van der Waals surface area contributed by atoms with Crippen LogP contribution in [0.3, 0.4) is 0 Å². The van der Waals surface area contributed by atoms with Crippen molar-refractivity contribution in [3.05, 3.63) is 0 Å². The third-order valence-corrected chi connectivity index (χ3v) is 1.54. The Labute approximate surface area is 63.2 Å². The van der Waals surface area contributed by atoms with Crippen LogP contribution in [0.4, 0.5) is 4.79 Å². The van der Waals surface area contributed by atoms with E-state index in [1.165, 1.54) is 0 Å². The van der Waals surface area contributed by atoms with Gasteiger partial charge in [0.1, 0.15) is 6.54 Å². The van der Waals surface area contributed by atoms with Gasteiger partial charge in [0, 0.05) is 6.04 Å². The summed E-state index contributed by atoms with van der Waals surface area (Å²) >= 11 is 0. The molecule has 1 rings (SSSR count).